The van der Waals surface area contributed by atoms with Crippen LogP contribution in [0.5, 0.6) is 0 Å². The van der Waals surface area contributed by atoms with Gasteiger partial charge in [0.15, 0.2) is 0 Å². The predicted octanol–water partition coefficient (Wildman–Crippen LogP) is 2.14. The van der Waals surface area contributed by atoms with Crippen molar-refractivity contribution in [2.45, 2.75) is 16.1 Å². The minimum absolute atomic E-state index is 0.250. The molecule has 0 N–H and O–H groups in total. The van der Waals surface area contributed by atoms with Gasteiger partial charge in [0, 0.05) is 0 Å². The minimum atomic E-state index is -4.39. The van der Waals surface area contributed by atoms with Gasteiger partial charge in [0.25, 0.3) is 0 Å². The average Bonchev–Trinajstić information content (AvgIpc) is 2.51. The van der Waals surface area contributed by atoms with Crippen molar-refractivity contribution in [1.29, 1.82) is 0 Å². The first-order valence-electron chi connectivity index (χ1n) is 5.48. The van der Waals surface area contributed by atoms with Crippen LogP contribution in [0.4, 0.5) is 0 Å². The van der Waals surface area contributed by atoms with E-state index in [0.29, 0.717) is 0 Å². The second-order valence-corrected chi connectivity index (χ2v) is 9.64. The number of rotatable bonds is 9. The third kappa shape index (κ3) is 8.76. The molecule has 126 valence electrons. The van der Waals surface area contributed by atoms with Gasteiger partial charge in [0.05, 0.1) is 0 Å². The Morgan fingerprint density at radius 3 is 1.09 bits per heavy atom. The van der Waals surface area contributed by atoms with E-state index < -0.39 is 56.8 Å². The summed E-state index contributed by atoms with van der Waals surface area (Å²) < 4.78 is 14.4. The molecule has 0 saturated heterocycles. The van der Waals surface area contributed by atoms with E-state index in [1.165, 1.54) is 0 Å². The fourth-order valence-corrected chi connectivity index (χ4v) is 5.48. The van der Waals surface area contributed by atoms with E-state index in [-0.39, 0.29) is 17.6 Å². The fraction of sp³-hybridized carbons (Fsp3) is 0.667. The Morgan fingerprint density at radius 1 is 0.682 bits per heavy atom. The third-order valence-corrected chi connectivity index (χ3v) is 7.84. The van der Waals surface area contributed by atoms with E-state index in [0.717, 1.165) is 0 Å². The molecule has 0 aliphatic heterocycles. The molecule has 0 saturated carbocycles. The summed E-state index contributed by atoms with van der Waals surface area (Å²) in [4.78, 5) is 34.6. The van der Waals surface area contributed by atoms with Crippen LogP contribution in [-0.2, 0) is 22.9 Å². The monoisotopic (exact) mass is 538 g/mol. The van der Waals surface area contributed by atoms with Gasteiger partial charge in [-0.1, -0.05) is 0 Å². The van der Waals surface area contributed by atoms with E-state index in [4.69, 9.17) is 78.2 Å². The van der Waals surface area contributed by atoms with Gasteiger partial charge in [0.1, 0.15) is 0 Å². The van der Waals surface area contributed by atoms with E-state index in [1.807, 2.05) is 0 Å². The van der Waals surface area contributed by atoms with Crippen LogP contribution < -0.4 is 0 Å². The molecule has 0 rings (SSSR count). The zero-order valence-electron chi connectivity index (χ0n) is 10.6. The number of carbonyl (C=O) groups excluding carboxylic acids is 3. The topological polar surface area (TPSA) is 78.9 Å². The first-order chi connectivity index (χ1) is 10.3. The maximum atomic E-state index is 11.5. The van der Waals surface area contributed by atoms with Gasteiger partial charge < -0.3 is 0 Å². The molecular formula is C9H9Cl6InO6. The van der Waals surface area contributed by atoms with Gasteiger partial charge in [-0.25, -0.2) is 0 Å². The van der Waals surface area contributed by atoms with Crippen LogP contribution >= 0.6 is 69.6 Å². The normalized spacial score (nSPS) is 14.5. The van der Waals surface area contributed by atoms with Crippen LogP contribution in [0, 0.1) is 0 Å². The van der Waals surface area contributed by atoms with E-state index in [2.05, 4.69) is 0 Å². The Hall–Kier alpha value is 1.02. The number of hydrogen-bond donors (Lipinski definition) is 0. The Bertz CT molecular complexity index is 342. The van der Waals surface area contributed by atoms with Gasteiger partial charge in [-0.05, 0) is 0 Å². The summed E-state index contributed by atoms with van der Waals surface area (Å²) in [6.07, 6.45) is 0. The molecule has 0 amide bonds. The van der Waals surface area contributed by atoms with Crippen LogP contribution in [0.1, 0.15) is 0 Å². The van der Waals surface area contributed by atoms with Crippen molar-refractivity contribution < 1.29 is 22.9 Å². The van der Waals surface area contributed by atoms with Crippen molar-refractivity contribution in [2.75, 3.05) is 17.6 Å². The summed E-state index contributed by atoms with van der Waals surface area (Å²) in [6.45, 7) is 0. The van der Waals surface area contributed by atoms with Crippen molar-refractivity contribution in [1.82, 2.24) is 0 Å². The Morgan fingerprint density at radius 2 is 0.909 bits per heavy atom. The number of alkyl halides is 6. The molecular weight excluding hydrogens is 532 g/mol. The second-order valence-electron chi connectivity index (χ2n) is 3.46. The van der Waals surface area contributed by atoms with Crippen molar-refractivity contribution >= 4 is 110 Å². The van der Waals surface area contributed by atoms with Gasteiger partial charge in [-0.15, -0.1) is 0 Å². The fourth-order valence-electron chi connectivity index (χ4n) is 0.767. The van der Waals surface area contributed by atoms with E-state index >= 15 is 0 Å². The maximum absolute atomic E-state index is 11.5. The molecule has 0 aliphatic carbocycles. The average molecular weight is 541 g/mol. The van der Waals surface area contributed by atoms with Gasteiger partial charge in [-0.2, -0.15) is 0 Å². The second kappa shape index (κ2) is 12.4. The summed E-state index contributed by atoms with van der Waals surface area (Å²) in [5.41, 5.74) is 0. The molecule has 22 heavy (non-hydrogen) atoms. The third-order valence-electron chi connectivity index (χ3n) is 1.81. The molecule has 0 aliphatic rings. The molecule has 0 spiro atoms. The molecule has 0 heterocycles. The Labute approximate surface area is 165 Å². The van der Waals surface area contributed by atoms with Crippen LogP contribution in [-0.4, -0.2) is 74.4 Å². The summed E-state index contributed by atoms with van der Waals surface area (Å²) in [5, 5.41) is -3.59. The molecule has 3 unspecified atom stereocenters. The summed E-state index contributed by atoms with van der Waals surface area (Å²) in [7, 11) is 0. The van der Waals surface area contributed by atoms with Crippen LogP contribution in [0.3, 0.4) is 0 Å². The molecule has 3 atom stereocenters. The van der Waals surface area contributed by atoms with Crippen LogP contribution in [0.2, 0.25) is 0 Å². The Kier molecular flexibility index (Phi) is 13.0. The zero-order valence-corrected chi connectivity index (χ0v) is 18.5. The molecule has 0 radical (unpaired) electrons. The summed E-state index contributed by atoms with van der Waals surface area (Å²) in [6, 6.07) is 0. The van der Waals surface area contributed by atoms with Crippen molar-refractivity contribution in [3.63, 3.8) is 0 Å². The molecule has 0 aromatic rings. The van der Waals surface area contributed by atoms with Crippen molar-refractivity contribution in [3.05, 3.63) is 0 Å². The van der Waals surface area contributed by atoms with E-state index in [9.17, 15) is 14.4 Å². The number of carbonyl (C=O) groups is 3. The van der Waals surface area contributed by atoms with E-state index in [1.54, 1.807) is 0 Å². The molecule has 6 nitrogen and oxygen atoms in total. The SMILES string of the molecule is O=C([O][In]([O]C(=O)C(Cl)CCl)[O]C(=O)C(Cl)CCl)C(Cl)CCl. The summed E-state index contributed by atoms with van der Waals surface area (Å²) in [5.74, 6) is -3.73. The molecule has 0 fully saturated rings. The molecule has 0 bridgehead atoms. The quantitative estimate of drug-likeness (QED) is 0.417. The van der Waals surface area contributed by atoms with Crippen molar-refractivity contribution in [2.24, 2.45) is 0 Å². The Balaban J connectivity index is 4.86. The van der Waals surface area contributed by atoms with Gasteiger partial charge in [0.2, 0.25) is 0 Å². The number of halogens is 6. The van der Waals surface area contributed by atoms with Crippen LogP contribution in [0.15, 0.2) is 0 Å². The first kappa shape index (κ1) is 23.0. The molecule has 0 aromatic heterocycles. The molecule has 0 aromatic carbocycles. The zero-order chi connectivity index (χ0) is 17.3. The van der Waals surface area contributed by atoms with Crippen LogP contribution in [0.25, 0.3) is 0 Å². The summed E-state index contributed by atoms with van der Waals surface area (Å²) >= 11 is 28.5. The predicted molar refractivity (Wildman–Crippen MR) is 85.1 cm³/mol. The first-order valence-corrected chi connectivity index (χ1v) is 12.4. The number of hydrogen-bond acceptors (Lipinski definition) is 6. The standard InChI is InChI=1S/3C3H4Cl2O2.In/c3*4-1-2(5)3(6)7;/h3*2H,1H2,(H,6,7);/q;;;+3/p-3. The van der Waals surface area contributed by atoms with Crippen molar-refractivity contribution in [3.8, 4) is 0 Å². The van der Waals surface area contributed by atoms with Gasteiger partial charge in [-0.3, -0.25) is 0 Å². The molecule has 13 heteroatoms. The van der Waals surface area contributed by atoms with Gasteiger partial charge >= 0.3 is 167 Å².